The molecule has 0 aliphatic carbocycles. The SMILES string of the molecule is C[C@@H]1C[C@H](C)CN(S(=O)(=O)c2ccc(C(=O)OCCO)cc2)C1. The molecule has 0 radical (unpaired) electrons. The average molecular weight is 341 g/mol. The van der Waals surface area contributed by atoms with Crippen LogP contribution in [-0.4, -0.2) is 50.1 Å². The molecule has 1 N–H and O–H groups in total. The summed E-state index contributed by atoms with van der Waals surface area (Å²) in [6, 6.07) is 5.72. The van der Waals surface area contributed by atoms with Crippen molar-refractivity contribution in [1.82, 2.24) is 4.31 Å². The van der Waals surface area contributed by atoms with Gasteiger partial charge in [-0.3, -0.25) is 0 Å². The van der Waals surface area contributed by atoms with Crippen molar-refractivity contribution in [2.45, 2.75) is 25.2 Å². The van der Waals surface area contributed by atoms with Gasteiger partial charge in [-0.25, -0.2) is 13.2 Å². The van der Waals surface area contributed by atoms with E-state index in [2.05, 4.69) is 13.8 Å². The van der Waals surface area contributed by atoms with Gasteiger partial charge in [0.05, 0.1) is 17.1 Å². The van der Waals surface area contributed by atoms with Gasteiger partial charge in [0.15, 0.2) is 0 Å². The Balaban J connectivity index is 2.15. The van der Waals surface area contributed by atoms with Crippen molar-refractivity contribution in [2.75, 3.05) is 26.3 Å². The van der Waals surface area contributed by atoms with Crippen LogP contribution in [0.1, 0.15) is 30.6 Å². The van der Waals surface area contributed by atoms with Crippen LogP contribution in [0.5, 0.6) is 0 Å². The van der Waals surface area contributed by atoms with E-state index in [9.17, 15) is 13.2 Å². The monoisotopic (exact) mass is 341 g/mol. The number of carbonyl (C=O) groups excluding carboxylic acids is 1. The van der Waals surface area contributed by atoms with Crippen LogP contribution >= 0.6 is 0 Å². The van der Waals surface area contributed by atoms with E-state index in [4.69, 9.17) is 9.84 Å². The Hall–Kier alpha value is -1.44. The van der Waals surface area contributed by atoms with Crippen LogP contribution in [0, 0.1) is 11.8 Å². The van der Waals surface area contributed by atoms with Gasteiger partial charge in [-0.15, -0.1) is 0 Å². The zero-order valence-electron chi connectivity index (χ0n) is 13.4. The lowest BCUT2D eigenvalue weighted by Crippen LogP contribution is -2.42. The Bertz CT molecular complexity index is 631. The molecule has 128 valence electrons. The number of hydrogen-bond acceptors (Lipinski definition) is 5. The molecular formula is C16H23NO5S. The molecule has 1 heterocycles. The largest absolute Gasteiger partial charge is 0.460 e. The number of benzene rings is 1. The molecule has 0 spiro atoms. The zero-order valence-corrected chi connectivity index (χ0v) is 14.3. The third-order valence-electron chi connectivity index (χ3n) is 3.89. The molecule has 1 aliphatic rings. The predicted molar refractivity (Wildman–Crippen MR) is 85.5 cm³/mol. The van der Waals surface area contributed by atoms with Gasteiger partial charge < -0.3 is 9.84 Å². The van der Waals surface area contributed by atoms with Crippen molar-refractivity contribution in [1.29, 1.82) is 0 Å². The first-order valence-corrected chi connectivity index (χ1v) is 9.16. The van der Waals surface area contributed by atoms with Gasteiger partial charge in [0.2, 0.25) is 10.0 Å². The van der Waals surface area contributed by atoms with Gasteiger partial charge in [-0.1, -0.05) is 13.8 Å². The maximum atomic E-state index is 12.7. The molecule has 1 saturated heterocycles. The first-order valence-electron chi connectivity index (χ1n) is 7.72. The standard InChI is InChI=1S/C16H23NO5S/c1-12-9-13(2)11-17(10-12)23(20,21)15-5-3-14(4-6-15)16(19)22-8-7-18/h3-6,12-13,18H,7-11H2,1-2H3/t12-,13+. The van der Waals surface area contributed by atoms with Crippen LogP contribution in [-0.2, 0) is 14.8 Å². The first kappa shape index (κ1) is 17.9. The predicted octanol–water partition coefficient (Wildman–Crippen LogP) is 1.50. The van der Waals surface area contributed by atoms with E-state index in [1.54, 1.807) is 0 Å². The van der Waals surface area contributed by atoms with Gasteiger partial charge in [-0.05, 0) is 42.5 Å². The van der Waals surface area contributed by atoms with Crippen molar-refractivity contribution in [3.05, 3.63) is 29.8 Å². The topological polar surface area (TPSA) is 83.9 Å². The first-order chi connectivity index (χ1) is 10.8. The van der Waals surface area contributed by atoms with Crippen LogP contribution in [0.15, 0.2) is 29.2 Å². The molecule has 6 nitrogen and oxygen atoms in total. The minimum Gasteiger partial charge on any atom is -0.460 e. The highest BCUT2D eigenvalue weighted by Crippen LogP contribution is 2.26. The Morgan fingerprint density at radius 3 is 2.30 bits per heavy atom. The third kappa shape index (κ3) is 4.31. The number of nitrogens with zero attached hydrogens (tertiary/aromatic N) is 1. The average Bonchev–Trinajstić information content (AvgIpc) is 2.51. The van der Waals surface area contributed by atoms with Gasteiger partial charge in [0.1, 0.15) is 6.61 Å². The van der Waals surface area contributed by atoms with Gasteiger partial charge in [0.25, 0.3) is 0 Å². The van der Waals surface area contributed by atoms with Gasteiger partial charge in [0, 0.05) is 13.1 Å². The van der Waals surface area contributed by atoms with E-state index >= 15 is 0 Å². The summed E-state index contributed by atoms with van der Waals surface area (Å²) in [5.74, 6) is 0.0886. The quantitative estimate of drug-likeness (QED) is 0.821. The van der Waals surface area contributed by atoms with Crippen molar-refractivity contribution < 1.29 is 23.1 Å². The molecule has 2 rings (SSSR count). The maximum Gasteiger partial charge on any atom is 0.338 e. The van der Waals surface area contributed by atoms with Crippen molar-refractivity contribution in [3.63, 3.8) is 0 Å². The number of piperidine rings is 1. The van der Waals surface area contributed by atoms with E-state index in [0.29, 0.717) is 24.9 Å². The number of aliphatic hydroxyl groups is 1. The zero-order chi connectivity index (χ0) is 17.0. The fourth-order valence-electron chi connectivity index (χ4n) is 2.94. The lowest BCUT2D eigenvalue weighted by molar-refractivity contribution is 0.0433. The van der Waals surface area contributed by atoms with Crippen LogP contribution < -0.4 is 0 Å². The number of aliphatic hydroxyl groups excluding tert-OH is 1. The smallest absolute Gasteiger partial charge is 0.338 e. The Kier molecular flexibility index (Phi) is 5.78. The Morgan fingerprint density at radius 2 is 1.78 bits per heavy atom. The van der Waals surface area contributed by atoms with Gasteiger partial charge >= 0.3 is 5.97 Å². The molecule has 7 heteroatoms. The van der Waals surface area contributed by atoms with Crippen LogP contribution in [0.4, 0.5) is 0 Å². The maximum absolute atomic E-state index is 12.7. The highest BCUT2D eigenvalue weighted by Gasteiger charge is 2.31. The van der Waals surface area contributed by atoms with Crippen LogP contribution in [0.25, 0.3) is 0 Å². The summed E-state index contributed by atoms with van der Waals surface area (Å²) in [7, 11) is -3.55. The molecular weight excluding hydrogens is 318 g/mol. The van der Waals surface area contributed by atoms with Gasteiger partial charge in [-0.2, -0.15) is 4.31 Å². The number of ether oxygens (including phenoxy) is 1. The summed E-state index contributed by atoms with van der Waals surface area (Å²) >= 11 is 0. The summed E-state index contributed by atoms with van der Waals surface area (Å²) in [6.45, 7) is 4.82. The molecule has 2 atom stereocenters. The molecule has 0 aromatic heterocycles. The molecule has 23 heavy (non-hydrogen) atoms. The number of hydrogen-bond donors (Lipinski definition) is 1. The minimum atomic E-state index is -3.55. The van der Waals surface area contributed by atoms with Crippen molar-refractivity contribution in [3.8, 4) is 0 Å². The van der Waals surface area contributed by atoms with E-state index in [1.165, 1.54) is 28.6 Å². The second-order valence-corrected chi connectivity index (χ2v) is 8.09. The number of carbonyl (C=O) groups is 1. The molecule has 0 bridgehead atoms. The summed E-state index contributed by atoms with van der Waals surface area (Å²) in [5.41, 5.74) is 0.262. The Morgan fingerprint density at radius 1 is 1.22 bits per heavy atom. The molecule has 0 amide bonds. The molecule has 0 saturated carbocycles. The minimum absolute atomic E-state index is 0.0809. The van der Waals surface area contributed by atoms with E-state index in [1.807, 2.05) is 0 Å². The third-order valence-corrected chi connectivity index (χ3v) is 5.73. The number of esters is 1. The molecule has 1 aromatic rings. The highest BCUT2D eigenvalue weighted by atomic mass is 32.2. The molecule has 0 unspecified atom stereocenters. The molecule has 1 aromatic carbocycles. The molecule has 1 aliphatic heterocycles. The summed E-state index contributed by atoms with van der Waals surface area (Å²) in [6.07, 6.45) is 1.03. The van der Waals surface area contributed by atoms with E-state index < -0.39 is 16.0 Å². The molecule has 1 fully saturated rings. The lowest BCUT2D eigenvalue weighted by atomic mass is 9.94. The summed E-state index contributed by atoms with van der Waals surface area (Å²) < 4.78 is 31.7. The van der Waals surface area contributed by atoms with E-state index in [-0.39, 0.29) is 23.7 Å². The number of rotatable bonds is 5. The van der Waals surface area contributed by atoms with Crippen LogP contribution in [0.2, 0.25) is 0 Å². The fraction of sp³-hybridized carbons (Fsp3) is 0.562. The normalized spacial score (nSPS) is 22.7. The summed E-state index contributed by atoms with van der Waals surface area (Å²) in [5, 5.41) is 8.64. The van der Waals surface area contributed by atoms with E-state index in [0.717, 1.165) is 6.42 Å². The number of sulfonamides is 1. The highest BCUT2D eigenvalue weighted by molar-refractivity contribution is 7.89. The van der Waals surface area contributed by atoms with Crippen LogP contribution in [0.3, 0.4) is 0 Å². The van der Waals surface area contributed by atoms with Crippen molar-refractivity contribution in [2.24, 2.45) is 11.8 Å². The second kappa shape index (κ2) is 7.42. The summed E-state index contributed by atoms with van der Waals surface area (Å²) in [4.78, 5) is 11.8. The van der Waals surface area contributed by atoms with Crippen molar-refractivity contribution >= 4 is 16.0 Å². The Labute approximate surface area is 137 Å². The fourth-order valence-corrected chi connectivity index (χ4v) is 4.62. The second-order valence-electron chi connectivity index (χ2n) is 6.15. The lowest BCUT2D eigenvalue weighted by Gasteiger charge is -2.34.